The maximum absolute atomic E-state index is 5.36. The minimum atomic E-state index is 0.168. The van der Waals surface area contributed by atoms with E-state index < -0.39 is 0 Å². The van der Waals surface area contributed by atoms with Crippen LogP contribution in [-0.4, -0.2) is 15.0 Å². The molecule has 0 unspecified atom stereocenters. The van der Waals surface area contributed by atoms with Crippen molar-refractivity contribution >= 4 is 11.9 Å². The zero-order valence-corrected chi connectivity index (χ0v) is 6.70. The van der Waals surface area contributed by atoms with Crippen LogP contribution in [0.4, 0.5) is 11.9 Å². The van der Waals surface area contributed by atoms with Gasteiger partial charge in [0.05, 0.1) is 0 Å². The van der Waals surface area contributed by atoms with Crippen LogP contribution in [0, 0.1) is 0 Å². The van der Waals surface area contributed by atoms with Crippen LogP contribution in [0.2, 0.25) is 0 Å². The maximum Gasteiger partial charge on any atom is 0.225 e. The van der Waals surface area contributed by atoms with Crippen LogP contribution in [0.1, 0.15) is 12.2 Å². The highest BCUT2D eigenvalue weighted by atomic mass is 15.1. The van der Waals surface area contributed by atoms with Crippen molar-refractivity contribution in [1.82, 2.24) is 15.0 Å². The first kappa shape index (κ1) is 8.45. The number of nitrogens with two attached hydrogens (primary N) is 2. The smallest absolute Gasteiger partial charge is 0.225 e. The molecular formula is C7H11N5. The van der Waals surface area contributed by atoms with Gasteiger partial charge in [-0.25, -0.2) is 0 Å². The predicted molar refractivity (Wildman–Crippen MR) is 47.2 cm³/mol. The van der Waals surface area contributed by atoms with Gasteiger partial charge in [0.25, 0.3) is 0 Å². The molecule has 4 N–H and O–H groups in total. The number of aromatic nitrogens is 3. The lowest BCUT2D eigenvalue weighted by Crippen LogP contribution is -2.06. The van der Waals surface area contributed by atoms with Crippen molar-refractivity contribution in [3.05, 3.63) is 18.5 Å². The highest BCUT2D eigenvalue weighted by Crippen LogP contribution is 2.01. The van der Waals surface area contributed by atoms with Gasteiger partial charge < -0.3 is 11.5 Å². The molecule has 1 rings (SSSR count). The molecule has 64 valence electrons. The molecule has 1 aromatic heterocycles. The normalized spacial score (nSPS) is 9.67. The Balaban J connectivity index is 2.78. The van der Waals surface area contributed by atoms with Crippen molar-refractivity contribution in [2.75, 3.05) is 11.5 Å². The van der Waals surface area contributed by atoms with Gasteiger partial charge in [-0.1, -0.05) is 6.08 Å². The van der Waals surface area contributed by atoms with E-state index in [0.29, 0.717) is 12.2 Å². The molecule has 1 aromatic rings. The van der Waals surface area contributed by atoms with Crippen LogP contribution in [0.3, 0.4) is 0 Å². The van der Waals surface area contributed by atoms with Gasteiger partial charge in [0, 0.05) is 6.42 Å². The third-order valence-electron chi connectivity index (χ3n) is 1.29. The molecular weight excluding hydrogens is 154 g/mol. The van der Waals surface area contributed by atoms with Gasteiger partial charge in [0.1, 0.15) is 5.82 Å². The lowest BCUT2D eigenvalue weighted by Gasteiger charge is -1.98. The summed E-state index contributed by atoms with van der Waals surface area (Å²) in [6.07, 6.45) is 3.29. The lowest BCUT2D eigenvalue weighted by atomic mass is 10.3. The molecule has 0 spiro atoms. The van der Waals surface area contributed by atoms with E-state index in [1.165, 1.54) is 0 Å². The number of anilines is 2. The van der Waals surface area contributed by atoms with E-state index in [1.807, 2.05) is 0 Å². The third-order valence-corrected chi connectivity index (χ3v) is 1.29. The zero-order chi connectivity index (χ0) is 8.97. The number of nitrogen functional groups attached to an aromatic ring is 2. The van der Waals surface area contributed by atoms with Crippen LogP contribution < -0.4 is 11.5 Å². The Morgan fingerprint density at radius 3 is 2.25 bits per heavy atom. The molecule has 0 aliphatic carbocycles. The average molecular weight is 165 g/mol. The van der Waals surface area contributed by atoms with E-state index >= 15 is 0 Å². The Kier molecular flexibility index (Phi) is 2.57. The number of aryl methyl sites for hydroxylation is 1. The Hall–Kier alpha value is -1.65. The number of nitrogens with zero attached hydrogens (tertiary/aromatic N) is 3. The monoisotopic (exact) mass is 165 g/mol. The number of allylic oxidation sites excluding steroid dienone is 1. The second-order valence-corrected chi connectivity index (χ2v) is 2.30. The van der Waals surface area contributed by atoms with E-state index in [9.17, 15) is 0 Å². The molecule has 0 bridgehead atoms. The van der Waals surface area contributed by atoms with Crippen molar-refractivity contribution in [3.63, 3.8) is 0 Å². The summed E-state index contributed by atoms with van der Waals surface area (Å²) in [4.78, 5) is 11.4. The first-order valence-electron chi connectivity index (χ1n) is 3.59. The van der Waals surface area contributed by atoms with Crippen LogP contribution in [-0.2, 0) is 6.42 Å². The first-order chi connectivity index (χ1) is 5.72. The second-order valence-electron chi connectivity index (χ2n) is 2.30. The number of rotatable bonds is 3. The van der Waals surface area contributed by atoms with Gasteiger partial charge >= 0.3 is 0 Å². The van der Waals surface area contributed by atoms with E-state index in [4.69, 9.17) is 11.5 Å². The highest BCUT2D eigenvalue weighted by Gasteiger charge is 1.99. The van der Waals surface area contributed by atoms with Gasteiger partial charge in [0.15, 0.2) is 0 Å². The quantitative estimate of drug-likeness (QED) is 0.622. The van der Waals surface area contributed by atoms with Crippen molar-refractivity contribution in [2.24, 2.45) is 0 Å². The molecule has 0 aliphatic rings. The number of hydrogen-bond donors (Lipinski definition) is 2. The lowest BCUT2D eigenvalue weighted by molar-refractivity contribution is 0.866. The molecule has 5 heteroatoms. The molecule has 0 fully saturated rings. The van der Waals surface area contributed by atoms with Crippen molar-refractivity contribution in [2.45, 2.75) is 12.8 Å². The Labute approximate surface area is 70.5 Å². The molecule has 5 nitrogen and oxygen atoms in total. The fraction of sp³-hybridized carbons (Fsp3) is 0.286. The standard InChI is InChI=1S/C7H11N5/c1-2-3-4-5-10-6(8)12-7(9)11-5/h2H,1,3-4H2,(H4,8,9,10,11,12). The molecule has 0 saturated heterocycles. The van der Waals surface area contributed by atoms with E-state index in [1.54, 1.807) is 6.08 Å². The zero-order valence-electron chi connectivity index (χ0n) is 6.70. The molecule has 12 heavy (non-hydrogen) atoms. The summed E-state index contributed by atoms with van der Waals surface area (Å²) in [5.41, 5.74) is 10.7. The Bertz CT molecular complexity index is 263. The molecule has 0 atom stereocenters. The maximum atomic E-state index is 5.36. The highest BCUT2D eigenvalue weighted by molar-refractivity contribution is 5.25. The molecule has 0 saturated carbocycles. The summed E-state index contributed by atoms with van der Waals surface area (Å²) in [5.74, 6) is 0.947. The summed E-state index contributed by atoms with van der Waals surface area (Å²) in [7, 11) is 0. The summed E-state index contributed by atoms with van der Waals surface area (Å²) >= 11 is 0. The van der Waals surface area contributed by atoms with E-state index in [-0.39, 0.29) is 11.9 Å². The van der Waals surface area contributed by atoms with Crippen LogP contribution in [0.5, 0.6) is 0 Å². The third kappa shape index (κ3) is 2.19. The molecule has 0 radical (unpaired) electrons. The molecule has 0 aromatic carbocycles. The largest absolute Gasteiger partial charge is 0.368 e. The summed E-state index contributed by atoms with van der Waals surface area (Å²) in [6.45, 7) is 3.59. The van der Waals surface area contributed by atoms with E-state index in [2.05, 4.69) is 21.5 Å². The summed E-state index contributed by atoms with van der Waals surface area (Å²) < 4.78 is 0. The van der Waals surface area contributed by atoms with Gasteiger partial charge in [-0.2, -0.15) is 15.0 Å². The van der Waals surface area contributed by atoms with E-state index in [0.717, 1.165) is 6.42 Å². The molecule has 1 heterocycles. The second kappa shape index (κ2) is 3.66. The summed E-state index contributed by atoms with van der Waals surface area (Å²) in [5, 5.41) is 0. The topological polar surface area (TPSA) is 90.7 Å². The number of hydrogen-bond acceptors (Lipinski definition) is 5. The minimum Gasteiger partial charge on any atom is -0.368 e. The van der Waals surface area contributed by atoms with Crippen molar-refractivity contribution < 1.29 is 0 Å². The van der Waals surface area contributed by atoms with Gasteiger partial charge in [0.2, 0.25) is 11.9 Å². The predicted octanol–water partition coefficient (Wildman–Crippen LogP) is 0.155. The summed E-state index contributed by atoms with van der Waals surface area (Å²) in [6, 6.07) is 0. The van der Waals surface area contributed by atoms with Crippen LogP contribution >= 0.6 is 0 Å². The van der Waals surface area contributed by atoms with Crippen molar-refractivity contribution in [1.29, 1.82) is 0 Å². The average Bonchev–Trinajstić information content (AvgIpc) is 1.99. The fourth-order valence-corrected chi connectivity index (χ4v) is 0.800. The fourth-order valence-electron chi connectivity index (χ4n) is 0.800. The molecule has 0 aliphatic heterocycles. The SMILES string of the molecule is C=CCCc1nc(N)nc(N)n1. The van der Waals surface area contributed by atoms with Gasteiger partial charge in [-0.3, -0.25) is 0 Å². The Morgan fingerprint density at radius 2 is 1.75 bits per heavy atom. The van der Waals surface area contributed by atoms with Crippen molar-refractivity contribution in [3.8, 4) is 0 Å². The van der Waals surface area contributed by atoms with Gasteiger partial charge in [-0.05, 0) is 6.42 Å². The first-order valence-corrected chi connectivity index (χ1v) is 3.59. The minimum absolute atomic E-state index is 0.168. The van der Waals surface area contributed by atoms with Crippen LogP contribution in [0.15, 0.2) is 12.7 Å². The molecule has 0 amide bonds. The van der Waals surface area contributed by atoms with Gasteiger partial charge in [-0.15, -0.1) is 6.58 Å². The Morgan fingerprint density at radius 1 is 1.17 bits per heavy atom. The van der Waals surface area contributed by atoms with Crippen LogP contribution in [0.25, 0.3) is 0 Å².